The van der Waals surface area contributed by atoms with Gasteiger partial charge in [-0.05, 0) is 13.8 Å². The Balaban J connectivity index is 0.00000220. The number of carbonyl (C=O) groups is 1. The molecule has 0 aliphatic carbocycles. The van der Waals surface area contributed by atoms with E-state index in [0.29, 0.717) is 23.6 Å². The fraction of sp³-hybridized carbons (Fsp3) is 0.214. The van der Waals surface area contributed by atoms with Gasteiger partial charge >= 0.3 is 0 Å². The summed E-state index contributed by atoms with van der Waals surface area (Å²) in [7, 11) is 0. The zero-order valence-electron chi connectivity index (χ0n) is 11.8. The number of guanidine groups is 1. The summed E-state index contributed by atoms with van der Waals surface area (Å²) in [6.07, 6.45) is 0. The average Bonchev–Trinajstić information content (AvgIpc) is 2.82. The Morgan fingerprint density at radius 1 is 1.33 bits per heavy atom. The molecule has 1 amide bonds. The molecular formula is C14H17ClN4O2. The summed E-state index contributed by atoms with van der Waals surface area (Å²) in [5.74, 6) is -0.0312. The van der Waals surface area contributed by atoms with E-state index in [2.05, 4.69) is 15.8 Å². The second kappa shape index (κ2) is 7.44. The van der Waals surface area contributed by atoms with Crippen molar-refractivity contribution in [2.75, 3.05) is 6.54 Å². The van der Waals surface area contributed by atoms with Gasteiger partial charge < -0.3 is 9.84 Å². The van der Waals surface area contributed by atoms with Gasteiger partial charge in [0.25, 0.3) is 5.91 Å². The van der Waals surface area contributed by atoms with Crippen LogP contribution in [0.3, 0.4) is 0 Å². The lowest BCUT2D eigenvalue weighted by atomic mass is 10.1. The normalized spacial score (nSPS) is 9.62. The summed E-state index contributed by atoms with van der Waals surface area (Å²) in [6, 6.07) is 9.31. The number of aromatic nitrogens is 1. The molecule has 0 bridgehead atoms. The highest BCUT2D eigenvalue weighted by Gasteiger charge is 2.22. The van der Waals surface area contributed by atoms with E-state index in [1.165, 1.54) is 0 Å². The lowest BCUT2D eigenvalue weighted by Gasteiger charge is -2.07. The topological polar surface area (TPSA) is 91.0 Å². The van der Waals surface area contributed by atoms with Crippen molar-refractivity contribution in [3.63, 3.8) is 0 Å². The molecule has 6 nitrogen and oxygen atoms in total. The number of carbonyl (C=O) groups excluding carboxylic acids is 1. The van der Waals surface area contributed by atoms with Gasteiger partial charge in [0.2, 0.25) is 0 Å². The fourth-order valence-corrected chi connectivity index (χ4v) is 1.83. The van der Waals surface area contributed by atoms with Crippen LogP contribution in [0.15, 0.2) is 34.9 Å². The summed E-state index contributed by atoms with van der Waals surface area (Å²) in [5, 5.41) is 16.7. The molecular weight excluding hydrogens is 292 g/mol. The minimum absolute atomic E-state index is 0. The Kier molecular flexibility index (Phi) is 5.92. The fourth-order valence-electron chi connectivity index (χ4n) is 1.83. The van der Waals surface area contributed by atoms with Crippen LogP contribution in [0.1, 0.15) is 23.0 Å². The second-order valence-corrected chi connectivity index (χ2v) is 4.19. The van der Waals surface area contributed by atoms with Gasteiger partial charge in [-0.2, -0.15) is 0 Å². The van der Waals surface area contributed by atoms with Crippen molar-refractivity contribution >= 4 is 24.3 Å². The van der Waals surface area contributed by atoms with E-state index in [9.17, 15) is 4.79 Å². The van der Waals surface area contributed by atoms with Crippen molar-refractivity contribution < 1.29 is 9.32 Å². The van der Waals surface area contributed by atoms with Gasteiger partial charge in [-0.25, -0.2) is 0 Å². The van der Waals surface area contributed by atoms with E-state index in [0.717, 1.165) is 5.56 Å². The number of hydrogen-bond donors (Lipinski definition) is 3. The minimum atomic E-state index is -0.409. The average molecular weight is 309 g/mol. The predicted molar refractivity (Wildman–Crippen MR) is 82.8 cm³/mol. The Hall–Kier alpha value is -2.34. The van der Waals surface area contributed by atoms with Crippen molar-refractivity contribution in [1.29, 1.82) is 5.41 Å². The largest absolute Gasteiger partial charge is 0.360 e. The van der Waals surface area contributed by atoms with Gasteiger partial charge in [0.15, 0.2) is 5.96 Å². The van der Waals surface area contributed by atoms with Crippen LogP contribution in [-0.2, 0) is 0 Å². The van der Waals surface area contributed by atoms with E-state index in [-0.39, 0.29) is 18.4 Å². The summed E-state index contributed by atoms with van der Waals surface area (Å²) < 4.78 is 5.11. The number of nitrogens with one attached hydrogen (secondary N) is 3. The van der Waals surface area contributed by atoms with E-state index >= 15 is 0 Å². The number of hydrogen-bond acceptors (Lipinski definition) is 4. The molecule has 1 heterocycles. The number of rotatable bonds is 3. The molecule has 112 valence electrons. The summed E-state index contributed by atoms with van der Waals surface area (Å²) in [6.45, 7) is 4.08. The monoisotopic (exact) mass is 308 g/mol. The highest BCUT2D eigenvalue weighted by Crippen LogP contribution is 2.24. The first-order valence-electron chi connectivity index (χ1n) is 6.29. The molecule has 0 spiro atoms. The molecule has 2 aromatic rings. The van der Waals surface area contributed by atoms with E-state index in [4.69, 9.17) is 9.93 Å². The van der Waals surface area contributed by atoms with Gasteiger partial charge in [0.1, 0.15) is 17.0 Å². The van der Waals surface area contributed by atoms with Crippen LogP contribution in [0.25, 0.3) is 11.3 Å². The molecule has 0 aliphatic rings. The Morgan fingerprint density at radius 2 is 2.00 bits per heavy atom. The maximum Gasteiger partial charge on any atom is 0.263 e. The Labute approximate surface area is 128 Å². The van der Waals surface area contributed by atoms with E-state index in [1.807, 2.05) is 37.3 Å². The third-order valence-corrected chi connectivity index (χ3v) is 2.73. The zero-order chi connectivity index (χ0) is 14.5. The van der Waals surface area contributed by atoms with Gasteiger partial charge in [-0.1, -0.05) is 35.5 Å². The standard InChI is InChI=1S/C14H16N4O2.ClH/c1-3-16-14(15)17-13(19)11-9(2)20-18-12(11)10-7-5-4-6-8-10;/h4-8H,3H2,1-2H3,(H3,15,16,17,19);1H. The molecule has 1 aromatic heterocycles. The van der Waals surface area contributed by atoms with Crippen LogP contribution in [0.5, 0.6) is 0 Å². The second-order valence-electron chi connectivity index (χ2n) is 4.19. The number of amides is 1. The molecule has 3 N–H and O–H groups in total. The molecule has 0 saturated carbocycles. The smallest absolute Gasteiger partial charge is 0.263 e. The lowest BCUT2D eigenvalue weighted by Crippen LogP contribution is -2.40. The van der Waals surface area contributed by atoms with E-state index < -0.39 is 5.91 Å². The SMILES string of the molecule is CCNC(=N)NC(=O)c1c(-c2ccccc2)noc1C.Cl. The molecule has 0 atom stereocenters. The van der Waals surface area contributed by atoms with Gasteiger partial charge in [-0.15, -0.1) is 12.4 Å². The number of nitrogens with zero attached hydrogens (tertiary/aromatic N) is 1. The van der Waals surface area contributed by atoms with Crippen LogP contribution in [-0.4, -0.2) is 23.6 Å². The number of benzene rings is 1. The van der Waals surface area contributed by atoms with Gasteiger partial charge in [0, 0.05) is 12.1 Å². The van der Waals surface area contributed by atoms with E-state index in [1.54, 1.807) is 6.92 Å². The first-order valence-corrected chi connectivity index (χ1v) is 6.29. The molecule has 7 heteroatoms. The maximum absolute atomic E-state index is 12.2. The summed E-state index contributed by atoms with van der Waals surface area (Å²) >= 11 is 0. The van der Waals surface area contributed by atoms with Crippen molar-refractivity contribution in [1.82, 2.24) is 15.8 Å². The van der Waals surface area contributed by atoms with Crippen molar-refractivity contribution in [3.8, 4) is 11.3 Å². The molecule has 2 rings (SSSR count). The lowest BCUT2D eigenvalue weighted by molar-refractivity contribution is 0.0974. The van der Waals surface area contributed by atoms with Crippen LogP contribution < -0.4 is 10.6 Å². The molecule has 1 aromatic carbocycles. The van der Waals surface area contributed by atoms with Crippen molar-refractivity contribution in [2.24, 2.45) is 0 Å². The first-order chi connectivity index (χ1) is 9.63. The summed E-state index contributed by atoms with van der Waals surface area (Å²) in [4.78, 5) is 12.2. The number of halogens is 1. The Morgan fingerprint density at radius 3 is 2.62 bits per heavy atom. The van der Waals surface area contributed by atoms with Gasteiger partial charge in [-0.3, -0.25) is 15.5 Å². The van der Waals surface area contributed by atoms with Crippen LogP contribution in [0, 0.1) is 12.3 Å². The highest BCUT2D eigenvalue weighted by atomic mass is 35.5. The number of aryl methyl sites for hydroxylation is 1. The zero-order valence-corrected chi connectivity index (χ0v) is 12.6. The van der Waals surface area contributed by atoms with Crippen LogP contribution in [0.4, 0.5) is 0 Å². The molecule has 0 fully saturated rings. The van der Waals surface area contributed by atoms with Gasteiger partial charge in [0.05, 0.1) is 0 Å². The highest BCUT2D eigenvalue weighted by molar-refractivity contribution is 6.08. The third kappa shape index (κ3) is 3.82. The maximum atomic E-state index is 12.2. The van der Waals surface area contributed by atoms with Crippen molar-refractivity contribution in [2.45, 2.75) is 13.8 Å². The van der Waals surface area contributed by atoms with Crippen molar-refractivity contribution in [3.05, 3.63) is 41.7 Å². The molecule has 21 heavy (non-hydrogen) atoms. The minimum Gasteiger partial charge on any atom is -0.360 e. The van der Waals surface area contributed by atoms with Crippen LogP contribution >= 0.6 is 12.4 Å². The first kappa shape index (κ1) is 16.7. The molecule has 0 radical (unpaired) electrons. The predicted octanol–water partition coefficient (Wildman–Crippen LogP) is 2.35. The summed E-state index contributed by atoms with van der Waals surface area (Å²) in [5.41, 5.74) is 1.62. The molecule has 0 saturated heterocycles. The Bertz CT molecular complexity index is 625. The molecule has 0 unspecified atom stereocenters. The quantitative estimate of drug-likeness (QED) is 0.599. The van der Waals surface area contributed by atoms with Crippen LogP contribution in [0.2, 0.25) is 0 Å². The molecule has 0 aliphatic heterocycles. The third-order valence-electron chi connectivity index (χ3n) is 2.73.